The van der Waals surface area contributed by atoms with Crippen molar-refractivity contribution in [3.05, 3.63) is 95.1 Å². The standard InChI is InChI=1S/C29H26N4O2/c1-18-15-21(19-9-11-22(30)12-10-19)16-25-27(18)32(17-31-25)13-4-14-33-28(34)23-7-2-5-20-6-3-8-24(26(20)23)29(33)35/h2-3,5-12,16-18H,4,13-15,30H2,1H3. The zero-order chi connectivity index (χ0) is 24.1. The van der Waals surface area contributed by atoms with Gasteiger partial charge in [-0.15, -0.1) is 0 Å². The maximum Gasteiger partial charge on any atom is 0.261 e. The molecule has 174 valence electrons. The molecule has 0 saturated heterocycles. The first kappa shape index (κ1) is 21.4. The van der Waals surface area contributed by atoms with Crippen molar-refractivity contribution in [2.75, 3.05) is 12.3 Å². The van der Waals surface area contributed by atoms with Crippen LogP contribution >= 0.6 is 0 Å². The summed E-state index contributed by atoms with van der Waals surface area (Å²) in [7, 11) is 0. The predicted octanol–water partition coefficient (Wildman–Crippen LogP) is 5.35. The second-order valence-corrected chi connectivity index (χ2v) is 9.43. The van der Waals surface area contributed by atoms with Crippen molar-refractivity contribution in [1.29, 1.82) is 0 Å². The molecule has 6 rings (SSSR count). The molecule has 4 aromatic rings. The van der Waals surface area contributed by atoms with Crippen LogP contribution in [0.5, 0.6) is 0 Å². The molecular weight excluding hydrogens is 436 g/mol. The van der Waals surface area contributed by atoms with E-state index in [1.54, 1.807) is 0 Å². The highest BCUT2D eigenvalue weighted by Crippen LogP contribution is 2.37. The molecule has 6 heteroatoms. The van der Waals surface area contributed by atoms with Crippen LogP contribution in [0, 0.1) is 0 Å². The molecule has 0 radical (unpaired) electrons. The van der Waals surface area contributed by atoms with Gasteiger partial charge in [-0.3, -0.25) is 14.5 Å². The van der Waals surface area contributed by atoms with Crippen molar-refractivity contribution in [2.24, 2.45) is 0 Å². The molecule has 1 unspecified atom stereocenters. The smallest absolute Gasteiger partial charge is 0.261 e. The highest BCUT2D eigenvalue weighted by atomic mass is 16.2. The summed E-state index contributed by atoms with van der Waals surface area (Å²) in [6, 6.07) is 19.2. The van der Waals surface area contributed by atoms with Gasteiger partial charge in [0.1, 0.15) is 0 Å². The fourth-order valence-corrected chi connectivity index (χ4v) is 5.46. The Kier molecular flexibility index (Phi) is 5.02. The van der Waals surface area contributed by atoms with Crippen LogP contribution in [0.3, 0.4) is 0 Å². The quantitative estimate of drug-likeness (QED) is 0.320. The van der Waals surface area contributed by atoms with E-state index in [1.807, 2.05) is 54.9 Å². The number of fused-ring (bicyclic) bond motifs is 1. The fraction of sp³-hybridized carbons (Fsp3) is 0.207. The Balaban J connectivity index is 1.20. The summed E-state index contributed by atoms with van der Waals surface area (Å²) in [5, 5.41) is 1.69. The van der Waals surface area contributed by atoms with Crippen LogP contribution in [0.25, 0.3) is 22.4 Å². The summed E-state index contributed by atoms with van der Waals surface area (Å²) in [5.41, 5.74) is 12.4. The Morgan fingerprint density at radius 1 is 0.943 bits per heavy atom. The second-order valence-electron chi connectivity index (χ2n) is 9.43. The van der Waals surface area contributed by atoms with Crippen LogP contribution in [0.4, 0.5) is 5.69 Å². The third-order valence-corrected chi connectivity index (χ3v) is 7.13. The zero-order valence-electron chi connectivity index (χ0n) is 19.6. The lowest BCUT2D eigenvalue weighted by molar-refractivity contribution is 0.0607. The van der Waals surface area contributed by atoms with Gasteiger partial charge in [-0.05, 0) is 59.7 Å². The van der Waals surface area contributed by atoms with Crippen molar-refractivity contribution < 1.29 is 9.59 Å². The Hall–Kier alpha value is -4.19. The first-order valence-corrected chi connectivity index (χ1v) is 12.0. The number of imide groups is 1. The van der Waals surface area contributed by atoms with Crippen LogP contribution in [-0.4, -0.2) is 32.8 Å². The van der Waals surface area contributed by atoms with Gasteiger partial charge >= 0.3 is 0 Å². The molecule has 35 heavy (non-hydrogen) atoms. The van der Waals surface area contributed by atoms with E-state index in [4.69, 9.17) is 5.73 Å². The van der Waals surface area contributed by atoms with Gasteiger partial charge in [-0.2, -0.15) is 0 Å². The molecule has 0 spiro atoms. The topological polar surface area (TPSA) is 81.2 Å². The molecule has 2 aliphatic rings. The van der Waals surface area contributed by atoms with Gasteiger partial charge in [0, 0.05) is 46.9 Å². The van der Waals surface area contributed by atoms with Gasteiger partial charge < -0.3 is 10.3 Å². The minimum absolute atomic E-state index is 0.212. The number of rotatable bonds is 5. The van der Waals surface area contributed by atoms with Crippen molar-refractivity contribution in [3.8, 4) is 0 Å². The number of carbonyl (C=O) groups excluding carboxylic acids is 2. The second kappa shape index (κ2) is 8.24. The average molecular weight is 463 g/mol. The molecule has 1 aliphatic carbocycles. The Morgan fingerprint density at radius 2 is 1.63 bits per heavy atom. The summed E-state index contributed by atoms with van der Waals surface area (Å²) in [6.45, 7) is 3.29. The number of nitrogens with zero attached hydrogens (tertiary/aromatic N) is 3. The van der Waals surface area contributed by atoms with Crippen molar-refractivity contribution in [3.63, 3.8) is 0 Å². The number of benzene rings is 3. The molecule has 2 N–H and O–H groups in total. The van der Waals surface area contributed by atoms with Crippen LogP contribution in [-0.2, 0) is 6.54 Å². The largest absolute Gasteiger partial charge is 0.399 e. The summed E-state index contributed by atoms with van der Waals surface area (Å²) >= 11 is 0. The predicted molar refractivity (Wildman–Crippen MR) is 138 cm³/mol. The minimum Gasteiger partial charge on any atom is -0.399 e. The fourth-order valence-electron chi connectivity index (χ4n) is 5.46. The van der Waals surface area contributed by atoms with Gasteiger partial charge in [0.2, 0.25) is 0 Å². The molecule has 1 aliphatic heterocycles. The van der Waals surface area contributed by atoms with Gasteiger partial charge in [-0.1, -0.05) is 43.3 Å². The van der Waals surface area contributed by atoms with Crippen LogP contribution in [0.2, 0.25) is 0 Å². The van der Waals surface area contributed by atoms with Crippen LogP contribution in [0.1, 0.15) is 63.4 Å². The third-order valence-electron chi connectivity index (χ3n) is 7.13. The van der Waals surface area contributed by atoms with Crippen molar-refractivity contribution in [1.82, 2.24) is 14.5 Å². The monoisotopic (exact) mass is 462 g/mol. The van der Waals surface area contributed by atoms with Crippen LogP contribution < -0.4 is 5.73 Å². The molecule has 6 nitrogen and oxygen atoms in total. The normalized spacial score (nSPS) is 17.0. The Bertz CT molecular complexity index is 1460. The number of hydrogen-bond acceptors (Lipinski definition) is 4. The van der Waals surface area contributed by atoms with Crippen molar-refractivity contribution >= 4 is 39.9 Å². The van der Waals surface area contributed by atoms with Gasteiger partial charge in [0.25, 0.3) is 11.8 Å². The summed E-state index contributed by atoms with van der Waals surface area (Å²) in [6.07, 6.45) is 5.62. The van der Waals surface area contributed by atoms with E-state index in [0.717, 1.165) is 28.6 Å². The number of nitrogens with two attached hydrogens (primary N) is 1. The lowest BCUT2D eigenvalue weighted by Gasteiger charge is -2.27. The molecule has 2 amide bonds. The van der Waals surface area contributed by atoms with Gasteiger partial charge in [-0.25, -0.2) is 4.98 Å². The highest BCUT2D eigenvalue weighted by molar-refractivity contribution is 6.25. The number of aryl methyl sites for hydroxylation is 1. The Morgan fingerprint density at radius 3 is 2.31 bits per heavy atom. The highest BCUT2D eigenvalue weighted by Gasteiger charge is 2.32. The van der Waals surface area contributed by atoms with Gasteiger partial charge in [0.15, 0.2) is 0 Å². The third kappa shape index (κ3) is 3.53. The first-order valence-electron chi connectivity index (χ1n) is 12.0. The van der Waals surface area contributed by atoms with Crippen molar-refractivity contribution in [2.45, 2.75) is 32.2 Å². The summed E-state index contributed by atoms with van der Waals surface area (Å²) in [5.74, 6) is -0.111. The molecule has 0 saturated carbocycles. The zero-order valence-corrected chi connectivity index (χ0v) is 19.6. The summed E-state index contributed by atoms with van der Waals surface area (Å²) in [4.78, 5) is 32.4. The minimum atomic E-state index is -0.212. The van der Waals surface area contributed by atoms with E-state index in [1.165, 1.54) is 21.7 Å². The number of nitrogen functional groups attached to an aromatic ring is 1. The first-order chi connectivity index (χ1) is 17.0. The number of hydrogen-bond donors (Lipinski definition) is 1. The van der Waals surface area contributed by atoms with E-state index in [0.29, 0.717) is 36.6 Å². The number of aromatic nitrogens is 2. The van der Waals surface area contributed by atoms with E-state index in [2.05, 4.69) is 34.7 Å². The molecule has 3 aromatic carbocycles. The molecule has 0 fully saturated rings. The molecule has 2 heterocycles. The number of amides is 2. The summed E-state index contributed by atoms with van der Waals surface area (Å²) < 4.78 is 2.17. The Labute approximate surface area is 203 Å². The van der Waals surface area contributed by atoms with E-state index in [-0.39, 0.29) is 11.8 Å². The lowest BCUT2D eigenvalue weighted by Crippen LogP contribution is -2.41. The van der Waals surface area contributed by atoms with Gasteiger partial charge in [0.05, 0.1) is 12.0 Å². The average Bonchev–Trinajstić information content (AvgIpc) is 3.28. The molecule has 0 bridgehead atoms. The maximum atomic E-state index is 13.2. The number of carbonyl (C=O) groups is 2. The molecule has 1 aromatic heterocycles. The lowest BCUT2D eigenvalue weighted by atomic mass is 9.87. The number of allylic oxidation sites excluding steroid dienone is 1. The number of anilines is 1. The van der Waals surface area contributed by atoms with E-state index >= 15 is 0 Å². The van der Waals surface area contributed by atoms with E-state index < -0.39 is 0 Å². The van der Waals surface area contributed by atoms with E-state index in [9.17, 15) is 9.59 Å². The SMILES string of the molecule is CC1CC(c2ccc(N)cc2)=Cc2ncn(CCCN3C(=O)c4cccc5cccc(c45)C3=O)c21. The molecule has 1 atom stereocenters. The number of imidazole rings is 1. The molecular formula is C29H26N4O2. The maximum absolute atomic E-state index is 13.2. The van der Waals surface area contributed by atoms with Crippen LogP contribution in [0.15, 0.2) is 67.0 Å².